The van der Waals surface area contributed by atoms with E-state index in [1.54, 1.807) is 13.4 Å². The van der Waals surface area contributed by atoms with Crippen LogP contribution in [-0.2, 0) is 5.54 Å². The van der Waals surface area contributed by atoms with E-state index in [1.807, 2.05) is 66.3 Å². The standard InChI is InChI=1S/C27H25Cl2N7/c1-17(19-5-4-6-23(29)13-19)24-14-21(9-12-25(24)32-18(2)33-35-30-3)27(20-7-10-22(28)11-8-20)26-15-31-16-36(26)34-27/h4-17,34H,1-3H3,(H,30,32,33). The third-order valence-electron chi connectivity index (χ3n) is 6.46. The summed E-state index contributed by atoms with van der Waals surface area (Å²) in [6, 6.07) is 22.2. The van der Waals surface area contributed by atoms with Crippen molar-refractivity contribution in [3.8, 4) is 0 Å². The molecule has 0 radical (unpaired) electrons. The van der Waals surface area contributed by atoms with Crippen LogP contribution in [-0.4, -0.2) is 22.5 Å². The molecule has 2 unspecified atom stereocenters. The molecule has 7 nitrogen and oxygen atoms in total. The molecule has 0 fully saturated rings. The van der Waals surface area contributed by atoms with E-state index in [9.17, 15) is 0 Å². The van der Waals surface area contributed by atoms with E-state index in [-0.39, 0.29) is 5.92 Å². The molecule has 2 N–H and O–H groups in total. The summed E-state index contributed by atoms with van der Waals surface area (Å²) in [6.07, 6.45) is 3.66. The average molecular weight is 518 g/mol. The van der Waals surface area contributed by atoms with Gasteiger partial charge in [-0.1, -0.05) is 65.7 Å². The van der Waals surface area contributed by atoms with E-state index in [0.717, 1.165) is 33.6 Å². The third-order valence-corrected chi connectivity index (χ3v) is 6.95. The number of aromatic nitrogens is 2. The number of aliphatic imine (C=N–C) groups is 1. The topological polar surface area (TPSA) is 79.0 Å². The molecular formula is C27H25Cl2N7. The van der Waals surface area contributed by atoms with Crippen LogP contribution in [0.1, 0.15) is 47.7 Å². The van der Waals surface area contributed by atoms with Crippen molar-refractivity contribution in [2.75, 3.05) is 12.5 Å². The lowest BCUT2D eigenvalue weighted by Crippen LogP contribution is -2.53. The minimum absolute atomic E-state index is 0.0234. The maximum Gasteiger partial charge on any atom is 0.147 e. The van der Waals surface area contributed by atoms with Gasteiger partial charge in [-0.15, -0.1) is 0 Å². The average Bonchev–Trinajstić information content (AvgIpc) is 3.26. The Morgan fingerprint density at radius 3 is 2.53 bits per heavy atom. The largest absolute Gasteiger partial charge is 0.303 e. The molecule has 0 amide bonds. The Morgan fingerprint density at radius 2 is 1.81 bits per heavy atom. The molecule has 9 heteroatoms. The lowest BCUT2D eigenvalue weighted by molar-refractivity contribution is 0.477. The molecule has 0 saturated carbocycles. The fourth-order valence-corrected chi connectivity index (χ4v) is 4.98. The Kier molecular flexibility index (Phi) is 6.51. The van der Waals surface area contributed by atoms with Gasteiger partial charge in [0.2, 0.25) is 0 Å². The van der Waals surface area contributed by atoms with E-state index >= 15 is 0 Å². The summed E-state index contributed by atoms with van der Waals surface area (Å²) >= 11 is 12.6. The Morgan fingerprint density at radius 1 is 1.03 bits per heavy atom. The number of imidazole rings is 1. The van der Waals surface area contributed by atoms with Crippen molar-refractivity contribution < 1.29 is 0 Å². The minimum Gasteiger partial charge on any atom is -0.303 e. The zero-order valence-electron chi connectivity index (χ0n) is 20.1. The first-order chi connectivity index (χ1) is 17.4. The number of rotatable bonds is 6. The van der Waals surface area contributed by atoms with Gasteiger partial charge < -0.3 is 5.43 Å². The number of fused-ring (bicyclic) bond motifs is 1. The molecule has 2 atom stereocenters. The number of amidine groups is 1. The first-order valence-corrected chi connectivity index (χ1v) is 12.2. The van der Waals surface area contributed by atoms with Crippen molar-refractivity contribution in [1.29, 1.82) is 0 Å². The lowest BCUT2D eigenvalue weighted by Gasteiger charge is -2.45. The van der Waals surface area contributed by atoms with Crippen molar-refractivity contribution in [1.82, 2.24) is 15.1 Å². The van der Waals surface area contributed by atoms with E-state index < -0.39 is 5.54 Å². The molecule has 182 valence electrons. The fraction of sp³-hybridized carbons (Fsp3) is 0.185. The Hall–Kier alpha value is -3.68. The summed E-state index contributed by atoms with van der Waals surface area (Å²) in [5, 5.41) is 8.99. The second kappa shape index (κ2) is 9.76. The summed E-state index contributed by atoms with van der Waals surface area (Å²) in [7, 11) is 1.61. The van der Waals surface area contributed by atoms with Crippen LogP contribution in [0.3, 0.4) is 0 Å². The normalized spacial score (nSPS) is 17.9. The van der Waals surface area contributed by atoms with E-state index in [4.69, 9.17) is 28.2 Å². The molecule has 0 saturated heterocycles. The number of halogens is 2. The highest BCUT2D eigenvalue weighted by Crippen LogP contribution is 2.45. The highest BCUT2D eigenvalue weighted by Gasteiger charge is 2.47. The molecule has 0 bridgehead atoms. The highest BCUT2D eigenvalue weighted by molar-refractivity contribution is 6.30. The van der Waals surface area contributed by atoms with Gasteiger partial charge in [0.1, 0.15) is 17.7 Å². The predicted octanol–water partition coefficient (Wildman–Crippen LogP) is 6.83. The van der Waals surface area contributed by atoms with Crippen LogP contribution in [0.5, 0.6) is 0 Å². The molecule has 5 rings (SSSR count). The number of nitrogens with zero attached hydrogens (tertiary/aromatic N) is 5. The second-order valence-corrected chi connectivity index (χ2v) is 9.55. The van der Waals surface area contributed by atoms with Gasteiger partial charge in [-0.05, 0) is 65.6 Å². The zero-order valence-corrected chi connectivity index (χ0v) is 21.6. The molecule has 4 aromatic rings. The molecule has 1 aliphatic heterocycles. The molecule has 0 aliphatic carbocycles. The Bertz CT molecular complexity index is 1460. The van der Waals surface area contributed by atoms with E-state index in [1.165, 1.54) is 0 Å². The van der Waals surface area contributed by atoms with Crippen molar-refractivity contribution in [2.45, 2.75) is 25.3 Å². The van der Waals surface area contributed by atoms with Gasteiger partial charge in [0.25, 0.3) is 0 Å². The molecular weight excluding hydrogens is 493 g/mol. The van der Waals surface area contributed by atoms with Gasteiger partial charge in [0.15, 0.2) is 0 Å². The van der Waals surface area contributed by atoms with Crippen LogP contribution in [0.4, 0.5) is 5.69 Å². The smallest absolute Gasteiger partial charge is 0.147 e. The first kappa shape index (κ1) is 24.0. The monoisotopic (exact) mass is 517 g/mol. The minimum atomic E-state index is -0.574. The Balaban J connectivity index is 1.68. The highest BCUT2D eigenvalue weighted by atomic mass is 35.5. The maximum absolute atomic E-state index is 6.34. The van der Waals surface area contributed by atoms with Gasteiger partial charge in [-0.3, -0.25) is 0 Å². The summed E-state index contributed by atoms with van der Waals surface area (Å²) in [4.78, 5) is 9.17. The first-order valence-electron chi connectivity index (χ1n) is 11.5. The summed E-state index contributed by atoms with van der Waals surface area (Å²) < 4.78 is 1.94. The Labute approximate surface area is 219 Å². The van der Waals surface area contributed by atoms with Crippen LogP contribution < -0.4 is 10.9 Å². The van der Waals surface area contributed by atoms with Crippen LogP contribution in [0.2, 0.25) is 10.0 Å². The fourth-order valence-electron chi connectivity index (χ4n) is 4.66. The van der Waals surface area contributed by atoms with Crippen LogP contribution in [0.15, 0.2) is 94.6 Å². The van der Waals surface area contributed by atoms with Crippen molar-refractivity contribution in [3.63, 3.8) is 0 Å². The van der Waals surface area contributed by atoms with Crippen LogP contribution in [0.25, 0.3) is 0 Å². The number of hydrogen-bond acceptors (Lipinski definition) is 5. The molecule has 0 spiro atoms. The molecule has 2 heterocycles. The van der Waals surface area contributed by atoms with Gasteiger partial charge in [-0.25, -0.2) is 20.1 Å². The summed E-state index contributed by atoms with van der Waals surface area (Å²) in [6.45, 7) is 4.02. The molecule has 1 aromatic heterocycles. The van der Waals surface area contributed by atoms with Gasteiger partial charge in [-0.2, -0.15) is 5.11 Å². The number of benzene rings is 3. The van der Waals surface area contributed by atoms with Crippen LogP contribution >= 0.6 is 23.2 Å². The third kappa shape index (κ3) is 4.25. The maximum atomic E-state index is 6.34. The number of nitrogens with one attached hydrogen (secondary N) is 2. The summed E-state index contributed by atoms with van der Waals surface area (Å²) in [5.41, 5.74) is 12.0. The summed E-state index contributed by atoms with van der Waals surface area (Å²) in [5.74, 6) is 0.662. The quantitative estimate of drug-likeness (QED) is 0.127. The predicted molar refractivity (Wildman–Crippen MR) is 145 cm³/mol. The van der Waals surface area contributed by atoms with Crippen molar-refractivity contribution >= 4 is 34.7 Å². The van der Waals surface area contributed by atoms with E-state index in [0.29, 0.717) is 15.9 Å². The molecule has 3 aromatic carbocycles. The SMILES string of the molecule is CN=NNC(C)=Nc1ccc(C2(c3ccc(Cl)cc3)Nn3cncc32)cc1C(C)c1cccc(Cl)c1. The molecule has 36 heavy (non-hydrogen) atoms. The van der Waals surface area contributed by atoms with Crippen molar-refractivity contribution in [3.05, 3.63) is 117 Å². The second-order valence-electron chi connectivity index (χ2n) is 8.68. The molecule has 1 aliphatic rings. The van der Waals surface area contributed by atoms with Gasteiger partial charge in [0.05, 0.1) is 24.6 Å². The zero-order chi connectivity index (χ0) is 25.3. The van der Waals surface area contributed by atoms with Crippen LogP contribution in [0, 0.1) is 0 Å². The lowest BCUT2D eigenvalue weighted by atomic mass is 9.77. The van der Waals surface area contributed by atoms with E-state index in [2.05, 4.69) is 51.3 Å². The van der Waals surface area contributed by atoms with Gasteiger partial charge >= 0.3 is 0 Å². The van der Waals surface area contributed by atoms with Gasteiger partial charge in [0, 0.05) is 16.0 Å². The number of hydrogen-bond donors (Lipinski definition) is 2. The van der Waals surface area contributed by atoms with Crippen molar-refractivity contribution in [2.24, 2.45) is 15.3 Å².